The third-order valence-electron chi connectivity index (χ3n) is 4.59. The van der Waals surface area contributed by atoms with Gasteiger partial charge >= 0.3 is 0 Å². The summed E-state index contributed by atoms with van der Waals surface area (Å²) in [4.78, 5) is 17.0. The molecule has 1 amide bonds. The molecular formula is C16H21BrN2O. The Hall–Kier alpha value is -0.870. The molecule has 1 unspecified atom stereocenters. The molecule has 20 heavy (non-hydrogen) atoms. The van der Waals surface area contributed by atoms with E-state index in [9.17, 15) is 4.79 Å². The maximum Gasteiger partial charge on any atom is 0.255 e. The Labute approximate surface area is 129 Å². The van der Waals surface area contributed by atoms with Crippen molar-refractivity contribution in [3.63, 3.8) is 0 Å². The molecule has 3 rings (SSSR count). The van der Waals surface area contributed by atoms with Gasteiger partial charge in [0.1, 0.15) is 0 Å². The molecule has 2 aliphatic rings. The van der Waals surface area contributed by atoms with Gasteiger partial charge in [0.15, 0.2) is 0 Å². The van der Waals surface area contributed by atoms with Crippen LogP contribution in [0, 0.1) is 5.92 Å². The number of hydrogen-bond acceptors (Lipinski definition) is 2. The highest BCUT2D eigenvalue weighted by Gasteiger charge is 2.34. The molecule has 108 valence electrons. The van der Waals surface area contributed by atoms with Crippen LogP contribution in [0.25, 0.3) is 0 Å². The lowest BCUT2D eigenvalue weighted by atomic mass is 10.1. The number of hydrogen-bond donors (Lipinski definition) is 0. The summed E-state index contributed by atoms with van der Waals surface area (Å²) in [5, 5.41) is 0. The topological polar surface area (TPSA) is 23.6 Å². The number of rotatable bonds is 3. The average molecular weight is 337 g/mol. The highest BCUT2D eigenvalue weighted by molar-refractivity contribution is 9.10. The lowest BCUT2D eigenvalue weighted by Crippen LogP contribution is -2.51. The third-order valence-corrected chi connectivity index (χ3v) is 5.28. The molecule has 0 N–H and O–H groups in total. The lowest BCUT2D eigenvalue weighted by Gasteiger charge is -2.38. The second-order valence-corrected chi connectivity index (χ2v) is 6.74. The minimum atomic E-state index is 0.149. The van der Waals surface area contributed by atoms with Crippen molar-refractivity contribution >= 4 is 21.8 Å². The number of carbonyl (C=O) groups is 1. The molecule has 1 aromatic carbocycles. The van der Waals surface area contributed by atoms with Crippen molar-refractivity contribution in [2.45, 2.75) is 25.8 Å². The number of halogens is 1. The molecule has 2 fully saturated rings. The van der Waals surface area contributed by atoms with E-state index in [2.05, 4.69) is 27.8 Å². The van der Waals surface area contributed by atoms with E-state index >= 15 is 0 Å². The first kappa shape index (κ1) is 14.1. The molecule has 1 saturated heterocycles. The fourth-order valence-electron chi connectivity index (χ4n) is 3.01. The molecule has 1 aliphatic heterocycles. The number of carbonyl (C=O) groups excluding carboxylic acids is 1. The van der Waals surface area contributed by atoms with Crippen molar-refractivity contribution in [1.29, 1.82) is 0 Å². The van der Waals surface area contributed by atoms with Gasteiger partial charge in [0.25, 0.3) is 5.91 Å². The summed E-state index contributed by atoms with van der Waals surface area (Å²) in [7, 11) is 0. The normalized spacial score (nSPS) is 21.8. The van der Waals surface area contributed by atoms with Gasteiger partial charge in [-0.15, -0.1) is 0 Å². The molecule has 1 aliphatic carbocycles. The maximum atomic E-state index is 12.5. The van der Waals surface area contributed by atoms with E-state index in [0.29, 0.717) is 6.04 Å². The van der Waals surface area contributed by atoms with Crippen LogP contribution >= 0.6 is 15.9 Å². The standard InChI is InChI=1S/C16H21BrN2O/c1-12(13-6-7-13)18-8-10-19(11-9-18)16(20)14-4-2-3-5-15(14)17/h2-5,12-13H,6-11H2,1H3. The molecule has 0 spiro atoms. The van der Waals surface area contributed by atoms with E-state index in [4.69, 9.17) is 0 Å². The zero-order valence-corrected chi connectivity index (χ0v) is 13.5. The van der Waals surface area contributed by atoms with Crippen LogP contribution in [-0.2, 0) is 0 Å². The SMILES string of the molecule is CC(C1CC1)N1CCN(C(=O)c2ccccc2Br)CC1. The first-order valence-electron chi connectivity index (χ1n) is 7.44. The molecule has 0 aromatic heterocycles. The Balaban J connectivity index is 1.60. The van der Waals surface area contributed by atoms with Gasteiger partial charge in [-0.25, -0.2) is 0 Å². The molecule has 0 radical (unpaired) electrons. The van der Waals surface area contributed by atoms with E-state index in [-0.39, 0.29) is 5.91 Å². The Morgan fingerprint density at radius 3 is 2.45 bits per heavy atom. The number of nitrogens with zero attached hydrogens (tertiary/aromatic N) is 2. The largest absolute Gasteiger partial charge is 0.336 e. The van der Waals surface area contributed by atoms with E-state index < -0.39 is 0 Å². The van der Waals surface area contributed by atoms with Gasteiger partial charge in [-0.05, 0) is 53.7 Å². The lowest BCUT2D eigenvalue weighted by molar-refractivity contribution is 0.0563. The Morgan fingerprint density at radius 2 is 1.85 bits per heavy atom. The van der Waals surface area contributed by atoms with E-state index in [1.54, 1.807) is 0 Å². The van der Waals surface area contributed by atoms with Crippen molar-refractivity contribution < 1.29 is 4.79 Å². The monoisotopic (exact) mass is 336 g/mol. The van der Waals surface area contributed by atoms with E-state index in [0.717, 1.165) is 42.1 Å². The van der Waals surface area contributed by atoms with Gasteiger partial charge in [0, 0.05) is 36.7 Å². The van der Waals surface area contributed by atoms with Crippen LogP contribution in [0.15, 0.2) is 28.7 Å². The third kappa shape index (κ3) is 2.91. The first-order chi connectivity index (χ1) is 9.66. The maximum absolute atomic E-state index is 12.5. The molecular weight excluding hydrogens is 316 g/mol. The van der Waals surface area contributed by atoms with Crippen LogP contribution in [0.3, 0.4) is 0 Å². The fraction of sp³-hybridized carbons (Fsp3) is 0.562. The van der Waals surface area contributed by atoms with Crippen LogP contribution in [0.5, 0.6) is 0 Å². The highest BCUT2D eigenvalue weighted by atomic mass is 79.9. The minimum Gasteiger partial charge on any atom is -0.336 e. The predicted molar refractivity (Wildman–Crippen MR) is 83.8 cm³/mol. The molecule has 1 atom stereocenters. The van der Waals surface area contributed by atoms with Gasteiger partial charge in [0.05, 0.1) is 5.56 Å². The first-order valence-corrected chi connectivity index (χ1v) is 8.24. The Kier molecular flexibility index (Phi) is 4.13. The molecule has 1 saturated carbocycles. The zero-order chi connectivity index (χ0) is 14.1. The Morgan fingerprint density at radius 1 is 1.20 bits per heavy atom. The van der Waals surface area contributed by atoms with E-state index in [1.165, 1.54) is 12.8 Å². The van der Waals surface area contributed by atoms with E-state index in [1.807, 2.05) is 29.2 Å². The van der Waals surface area contributed by atoms with Gasteiger partial charge in [-0.3, -0.25) is 9.69 Å². The van der Waals surface area contributed by atoms with Crippen LogP contribution in [-0.4, -0.2) is 47.9 Å². The van der Waals surface area contributed by atoms with Crippen molar-refractivity contribution in [2.75, 3.05) is 26.2 Å². The fourth-order valence-corrected chi connectivity index (χ4v) is 3.47. The summed E-state index contributed by atoms with van der Waals surface area (Å²) in [5.74, 6) is 1.05. The van der Waals surface area contributed by atoms with Crippen molar-refractivity contribution in [2.24, 2.45) is 5.92 Å². The van der Waals surface area contributed by atoms with Gasteiger partial charge < -0.3 is 4.90 Å². The summed E-state index contributed by atoms with van der Waals surface area (Å²) in [6, 6.07) is 8.37. The second kappa shape index (κ2) is 5.86. The van der Waals surface area contributed by atoms with Gasteiger partial charge in [0.2, 0.25) is 0 Å². The van der Waals surface area contributed by atoms with Crippen LogP contribution in [0.1, 0.15) is 30.1 Å². The summed E-state index contributed by atoms with van der Waals surface area (Å²) in [6.07, 6.45) is 2.77. The summed E-state index contributed by atoms with van der Waals surface area (Å²) in [6.45, 7) is 6.04. The number of benzene rings is 1. The molecule has 3 nitrogen and oxygen atoms in total. The minimum absolute atomic E-state index is 0.149. The smallest absolute Gasteiger partial charge is 0.255 e. The Bertz CT molecular complexity index is 493. The van der Waals surface area contributed by atoms with Crippen molar-refractivity contribution in [1.82, 2.24) is 9.80 Å². The number of amides is 1. The van der Waals surface area contributed by atoms with Gasteiger partial charge in [-0.1, -0.05) is 12.1 Å². The summed E-state index contributed by atoms with van der Waals surface area (Å²) in [5.41, 5.74) is 0.774. The quantitative estimate of drug-likeness (QED) is 0.847. The average Bonchev–Trinajstić information content (AvgIpc) is 3.31. The summed E-state index contributed by atoms with van der Waals surface area (Å²) < 4.78 is 0.888. The number of piperazine rings is 1. The summed E-state index contributed by atoms with van der Waals surface area (Å²) >= 11 is 3.47. The molecule has 1 aromatic rings. The van der Waals surface area contributed by atoms with Crippen molar-refractivity contribution in [3.8, 4) is 0 Å². The second-order valence-electron chi connectivity index (χ2n) is 5.89. The highest BCUT2D eigenvalue weighted by Crippen LogP contribution is 2.35. The predicted octanol–water partition coefficient (Wildman–Crippen LogP) is 3.01. The van der Waals surface area contributed by atoms with Crippen molar-refractivity contribution in [3.05, 3.63) is 34.3 Å². The molecule has 1 heterocycles. The molecule has 4 heteroatoms. The van der Waals surface area contributed by atoms with Crippen LogP contribution in [0.4, 0.5) is 0 Å². The van der Waals surface area contributed by atoms with Gasteiger partial charge in [-0.2, -0.15) is 0 Å². The molecule has 0 bridgehead atoms. The van der Waals surface area contributed by atoms with Crippen LogP contribution < -0.4 is 0 Å². The zero-order valence-electron chi connectivity index (χ0n) is 11.9. The van der Waals surface area contributed by atoms with Crippen LogP contribution in [0.2, 0.25) is 0 Å².